The number of hydrogen-bond donors (Lipinski definition) is 0. The van der Waals surface area contributed by atoms with E-state index in [0.29, 0.717) is 18.5 Å². The molecular weight excluding hydrogens is 388 g/mol. The number of para-hydroxylation sites is 1. The van der Waals surface area contributed by atoms with Gasteiger partial charge in [-0.3, -0.25) is 9.59 Å². The molecule has 158 valence electrons. The zero-order valence-corrected chi connectivity index (χ0v) is 16.9. The molecule has 3 amide bonds. The maximum atomic E-state index is 13.4. The van der Waals surface area contributed by atoms with Gasteiger partial charge in [0.2, 0.25) is 11.7 Å². The molecule has 0 spiro atoms. The highest BCUT2D eigenvalue weighted by atomic mass is 16.5. The molecule has 4 atom stereocenters. The highest BCUT2D eigenvalue weighted by Gasteiger charge is 2.52. The highest BCUT2D eigenvalue weighted by Crippen LogP contribution is 2.38. The number of methoxy groups -OCH3 is 2. The first-order valence-electron chi connectivity index (χ1n) is 9.87. The van der Waals surface area contributed by atoms with Crippen molar-refractivity contribution in [2.24, 2.45) is 5.92 Å². The normalized spacial score (nSPS) is 26.6. The minimum Gasteiger partial charge on any atom is -0.461 e. The Morgan fingerprint density at radius 1 is 1.03 bits per heavy atom. The number of carbonyl (C=O) groups excluding carboxylic acids is 3. The average Bonchev–Trinajstić information content (AvgIpc) is 3.31. The fraction of sp³-hybridized carbons (Fsp3) is 0.409. The third-order valence-corrected chi connectivity index (χ3v) is 5.94. The molecule has 1 aliphatic heterocycles. The number of fused-ring (bicyclic) bond motifs is 1. The van der Waals surface area contributed by atoms with E-state index in [-0.39, 0.29) is 36.2 Å². The average molecular weight is 412 g/mol. The third kappa shape index (κ3) is 3.53. The molecular formula is C22H24N2O6. The maximum absolute atomic E-state index is 13.4. The predicted molar refractivity (Wildman–Crippen MR) is 107 cm³/mol. The largest absolute Gasteiger partial charge is 0.461 e. The number of amides is 3. The van der Waals surface area contributed by atoms with E-state index < -0.39 is 18.0 Å². The molecule has 30 heavy (non-hydrogen) atoms. The van der Waals surface area contributed by atoms with Crippen molar-refractivity contribution in [3.05, 3.63) is 54.5 Å². The van der Waals surface area contributed by atoms with Gasteiger partial charge in [0.05, 0.1) is 36.6 Å². The van der Waals surface area contributed by atoms with E-state index in [9.17, 15) is 14.4 Å². The fourth-order valence-corrected chi connectivity index (χ4v) is 4.42. The summed E-state index contributed by atoms with van der Waals surface area (Å²) >= 11 is 0. The lowest BCUT2D eigenvalue weighted by molar-refractivity contribution is -0.137. The van der Waals surface area contributed by atoms with Crippen molar-refractivity contribution in [2.45, 2.75) is 31.1 Å². The number of imide groups is 1. The number of urea groups is 1. The Balaban J connectivity index is 1.70. The SMILES string of the molecule is COC1CC2C(=O)N(c3ccccc3)C(=O)N(CC(=O)c3ccco3)C2CC1OC. The lowest BCUT2D eigenvalue weighted by atomic mass is 9.77. The first-order chi connectivity index (χ1) is 14.5. The van der Waals surface area contributed by atoms with Crippen LogP contribution in [0.1, 0.15) is 23.4 Å². The molecule has 1 saturated heterocycles. The highest BCUT2D eigenvalue weighted by molar-refractivity contribution is 6.17. The van der Waals surface area contributed by atoms with Gasteiger partial charge in [-0.05, 0) is 37.1 Å². The van der Waals surface area contributed by atoms with Crippen LogP contribution in [0.15, 0.2) is 53.1 Å². The lowest BCUT2D eigenvalue weighted by Gasteiger charge is -2.49. The van der Waals surface area contributed by atoms with Crippen LogP contribution >= 0.6 is 0 Å². The molecule has 4 rings (SSSR count). The number of Topliss-reactive ketones (excluding diaryl/α,β-unsaturated/α-hetero) is 1. The van der Waals surface area contributed by atoms with Gasteiger partial charge < -0.3 is 18.8 Å². The van der Waals surface area contributed by atoms with Crippen LogP contribution < -0.4 is 4.90 Å². The molecule has 1 aromatic heterocycles. The first kappa shape index (κ1) is 20.3. The molecule has 1 aliphatic carbocycles. The Bertz CT molecular complexity index is 913. The number of benzene rings is 1. The number of furan rings is 1. The topological polar surface area (TPSA) is 89.3 Å². The van der Waals surface area contributed by atoms with Gasteiger partial charge in [0.25, 0.3) is 0 Å². The predicted octanol–water partition coefficient (Wildman–Crippen LogP) is 2.74. The van der Waals surface area contributed by atoms with Crippen molar-refractivity contribution in [2.75, 3.05) is 25.7 Å². The second kappa shape index (κ2) is 8.41. The van der Waals surface area contributed by atoms with Gasteiger partial charge >= 0.3 is 6.03 Å². The molecule has 2 heterocycles. The Kier molecular flexibility index (Phi) is 5.69. The van der Waals surface area contributed by atoms with Gasteiger partial charge in [-0.2, -0.15) is 0 Å². The molecule has 8 heteroatoms. The summed E-state index contributed by atoms with van der Waals surface area (Å²) in [5.41, 5.74) is 0.476. The van der Waals surface area contributed by atoms with Crippen LogP contribution in [0, 0.1) is 5.92 Å². The number of ether oxygens (including phenoxy) is 2. The molecule has 2 aliphatic rings. The van der Waals surface area contributed by atoms with E-state index in [1.54, 1.807) is 50.6 Å². The molecule has 4 unspecified atom stereocenters. The minimum absolute atomic E-state index is 0.177. The van der Waals surface area contributed by atoms with E-state index >= 15 is 0 Å². The maximum Gasteiger partial charge on any atom is 0.332 e. The summed E-state index contributed by atoms with van der Waals surface area (Å²) in [6.45, 7) is -0.182. The van der Waals surface area contributed by atoms with Gasteiger partial charge in [0.1, 0.15) is 0 Å². The third-order valence-electron chi connectivity index (χ3n) is 5.94. The summed E-state index contributed by atoms with van der Waals surface area (Å²) < 4.78 is 16.3. The van der Waals surface area contributed by atoms with E-state index in [4.69, 9.17) is 13.9 Å². The van der Waals surface area contributed by atoms with E-state index in [1.165, 1.54) is 11.2 Å². The van der Waals surface area contributed by atoms with Gasteiger partial charge in [0.15, 0.2) is 5.76 Å². The van der Waals surface area contributed by atoms with Crippen LogP contribution in [0.3, 0.4) is 0 Å². The summed E-state index contributed by atoms with van der Waals surface area (Å²) in [4.78, 5) is 42.2. The summed E-state index contributed by atoms with van der Waals surface area (Å²) in [5.74, 6) is -0.924. The Morgan fingerprint density at radius 3 is 2.37 bits per heavy atom. The summed E-state index contributed by atoms with van der Waals surface area (Å²) in [6, 6.07) is 11.0. The van der Waals surface area contributed by atoms with Gasteiger partial charge in [-0.25, -0.2) is 9.69 Å². The second-order valence-electron chi connectivity index (χ2n) is 7.51. The quantitative estimate of drug-likeness (QED) is 0.678. The number of rotatable bonds is 6. The molecule has 1 aromatic carbocycles. The van der Waals surface area contributed by atoms with Crippen LogP contribution in [-0.2, 0) is 14.3 Å². The zero-order valence-electron chi connectivity index (χ0n) is 16.9. The van der Waals surface area contributed by atoms with Crippen LogP contribution in [0.2, 0.25) is 0 Å². The zero-order chi connectivity index (χ0) is 21.3. The van der Waals surface area contributed by atoms with Gasteiger partial charge in [-0.1, -0.05) is 18.2 Å². The molecule has 2 aromatic rings. The van der Waals surface area contributed by atoms with Gasteiger partial charge in [-0.15, -0.1) is 0 Å². The molecule has 0 bridgehead atoms. The molecule has 0 N–H and O–H groups in total. The number of nitrogens with zero attached hydrogens (tertiary/aromatic N) is 2. The van der Waals surface area contributed by atoms with Crippen LogP contribution in [0.5, 0.6) is 0 Å². The number of anilines is 1. The second-order valence-corrected chi connectivity index (χ2v) is 7.51. The Hall–Kier alpha value is -2.97. The lowest BCUT2D eigenvalue weighted by Crippen LogP contribution is -2.66. The van der Waals surface area contributed by atoms with Gasteiger partial charge in [0, 0.05) is 20.3 Å². The van der Waals surface area contributed by atoms with Crippen molar-refractivity contribution in [3.8, 4) is 0 Å². The minimum atomic E-state index is -0.516. The van der Waals surface area contributed by atoms with Crippen molar-refractivity contribution in [3.63, 3.8) is 0 Å². The van der Waals surface area contributed by atoms with Crippen molar-refractivity contribution in [1.29, 1.82) is 0 Å². The number of carbonyl (C=O) groups is 3. The van der Waals surface area contributed by atoms with Crippen molar-refractivity contribution >= 4 is 23.4 Å². The molecule has 2 fully saturated rings. The van der Waals surface area contributed by atoms with Crippen molar-refractivity contribution < 1.29 is 28.3 Å². The number of hydrogen-bond acceptors (Lipinski definition) is 6. The van der Waals surface area contributed by atoms with Crippen molar-refractivity contribution in [1.82, 2.24) is 4.90 Å². The fourth-order valence-electron chi connectivity index (χ4n) is 4.42. The van der Waals surface area contributed by atoms with E-state index in [2.05, 4.69) is 0 Å². The van der Waals surface area contributed by atoms with Crippen LogP contribution in [0.25, 0.3) is 0 Å². The smallest absolute Gasteiger partial charge is 0.332 e. The Labute approximate surface area is 174 Å². The van der Waals surface area contributed by atoms with Crippen LogP contribution in [0.4, 0.5) is 10.5 Å². The summed E-state index contributed by atoms with van der Waals surface area (Å²) in [6.07, 6.45) is 1.68. The molecule has 8 nitrogen and oxygen atoms in total. The summed E-state index contributed by atoms with van der Waals surface area (Å²) in [7, 11) is 3.17. The van der Waals surface area contributed by atoms with Crippen LogP contribution in [-0.4, -0.2) is 61.6 Å². The monoisotopic (exact) mass is 412 g/mol. The summed E-state index contributed by atoms with van der Waals surface area (Å²) in [5, 5.41) is 0. The molecule has 1 saturated carbocycles. The molecule has 0 radical (unpaired) electrons. The van der Waals surface area contributed by atoms with E-state index in [0.717, 1.165) is 4.90 Å². The van der Waals surface area contributed by atoms with E-state index in [1.807, 2.05) is 6.07 Å². The Morgan fingerprint density at radius 2 is 1.73 bits per heavy atom. The standard InChI is InChI=1S/C22H24N2O6/c1-28-19-11-15-16(12-20(19)29-2)23(13-17(25)18-9-6-10-30-18)22(27)24(21(15)26)14-7-4-3-5-8-14/h3-10,15-16,19-20H,11-13H2,1-2H3. The first-order valence-corrected chi connectivity index (χ1v) is 9.87. The number of ketones is 1.